The highest BCUT2D eigenvalue weighted by molar-refractivity contribution is 4.93. The molecule has 0 spiro atoms. The van der Waals surface area contributed by atoms with Crippen molar-refractivity contribution < 1.29 is 14.8 Å². The molecule has 0 fully saturated rings. The van der Waals surface area contributed by atoms with Crippen LogP contribution in [0.4, 0.5) is 0 Å². The predicted octanol–water partition coefficient (Wildman–Crippen LogP) is -1.16. The molecule has 0 radical (unpaired) electrons. The molecule has 0 aliphatic carbocycles. The number of aryl methyl sites for hydroxylation is 1. The van der Waals surface area contributed by atoms with Gasteiger partial charge in [-0.2, -0.15) is 0 Å². The molecule has 0 saturated carbocycles. The fourth-order valence-corrected chi connectivity index (χ4v) is 1.27. The second-order valence-electron chi connectivity index (χ2n) is 2.79. The Morgan fingerprint density at radius 1 is 1.42 bits per heavy atom. The van der Waals surface area contributed by atoms with Crippen molar-refractivity contribution in [1.82, 2.24) is 4.57 Å². The summed E-state index contributed by atoms with van der Waals surface area (Å²) >= 11 is 0. The number of aromatic nitrogens is 2. The highest BCUT2D eigenvalue weighted by Gasteiger charge is 2.09. The molecule has 0 unspecified atom stereocenters. The van der Waals surface area contributed by atoms with E-state index in [0.717, 1.165) is 5.69 Å². The van der Waals surface area contributed by atoms with Gasteiger partial charge in [-0.25, -0.2) is 9.13 Å². The zero-order chi connectivity index (χ0) is 8.97. The Morgan fingerprint density at radius 2 is 2.17 bits per heavy atom. The van der Waals surface area contributed by atoms with Crippen molar-refractivity contribution >= 4 is 0 Å². The molecule has 12 heavy (non-hydrogen) atoms. The third-order valence-electron chi connectivity index (χ3n) is 1.75. The topological polar surface area (TPSA) is 49.3 Å². The molecule has 68 valence electrons. The van der Waals surface area contributed by atoms with Crippen molar-refractivity contribution in [2.24, 2.45) is 7.05 Å². The van der Waals surface area contributed by atoms with Crippen LogP contribution in [0.2, 0.25) is 0 Å². The summed E-state index contributed by atoms with van der Waals surface area (Å²) in [6, 6.07) is 0. The Kier molecular flexibility index (Phi) is 3.25. The van der Waals surface area contributed by atoms with Crippen molar-refractivity contribution in [3.8, 4) is 0 Å². The summed E-state index contributed by atoms with van der Waals surface area (Å²) < 4.78 is 3.86. The maximum Gasteiger partial charge on any atom is 0.243 e. The maximum absolute atomic E-state index is 8.74. The first-order chi connectivity index (χ1) is 5.77. The van der Waals surface area contributed by atoms with Crippen LogP contribution in [0.3, 0.4) is 0 Å². The molecule has 0 atom stereocenters. The Morgan fingerprint density at radius 3 is 2.75 bits per heavy atom. The van der Waals surface area contributed by atoms with Gasteiger partial charge in [-0.05, 0) is 0 Å². The number of rotatable bonds is 4. The lowest BCUT2D eigenvalue weighted by atomic mass is 10.3. The number of nitrogens with zero attached hydrogens (tertiary/aromatic N) is 2. The third-order valence-corrected chi connectivity index (χ3v) is 1.75. The minimum Gasteiger partial charge on any atom is -0.396 e. The van der Waals surface area contributed by atoms with Gasteiger partial charge in [0.05, 0.1) is 20.3 Å². The molecule has 0 aliphatic rings. The standard InChI is InChI=1S/C8H15N2O2/c1-9-6-8(2-4-11)10(7-9)3-5-12/h6-7,11-12H,2-5H2,1H3/q+1. The fourth-order valence-electron chi connectivity index (χ4n) is 1.27. The molecule has 4 nitrogen and oxygen atoms in total. The van der Waals surface area contributed by atoms with Gasteiger partial charge in [-0.1, -0.05) is 0 Å². The van der Waals surface area contributed by atoms with Crippen molar-refractivity contribution in [1.29, 1.82) is 0 Å². The third kappa shape index (κ3) is 2.06. The van der Waals surface area contributed by atoms with Gasteiger partial charge < -0.3 is 10.2 Å². The monoisotopic (exact) mass is 171 g/mol. The summed E-state index contributed by atoms with van der Waals surface area (Å²) in [5, 5.41) is 17.5. The molecule has 0 bridgehead atoms. The first-order valence-corrected chi connectivity index (χ1v) is 4.04. The van der Waals surface area contributed by atoms with Gasteiger partial charge in [-0.15, -0.1) is 0 Å². The van der Waals surface area contributed by atoms with Crippen LogP contribution in [-0.2, 0) is 20.0 Å². The van der Waals surface area contributed by atoms with Crippen molar-refractivity contribution in [2.75, 3.05) is 13.2 Å². The molecule has 2 N–H and O–H groups in total. The molecule has 1 aromatic heterocycles. The molecular weight excluding hydrogens is 156 g/mol. The molecular formula is C8H15N2O2+. The van der Waals surface area contributed by atoms with Gasteiger partial charge in [0.15, 0.2) is 0 Å². The number of hydrogen-bond donors (Lipinski definition) is 2. The van der Waals surface area contributed by atoms with Gasteiger partial charge in [-0.3, -0.25) is 0 Å². The smallest absolute Gasteiger partial charge is 0.243 e. The first kappa shape index (κ1) is 9.22. The summed E-state index contributed by atoms with van der Waals surface area (Å²) in [6.07, 6.45) is 4.49. The van der Waals surface area contributed by atoms with Crippen molar-refractivity contribution in [2.45, 2.75) is 13.0 Å². The van der Waals surface area contributed by atoms with Gasteiger partial charge >= 0.3 is 0 Å². The van der Waals surface area contributed by atoms with Gasteiger partial charge in [0.25, 0.3) is 0 Å². The van der Waals surface area contributed by atoms with Crippen LogP contribution in [0, 0.1) is 0 Å². The molecule has 1 heterocycles. The average Bonchev–Trinajstić information content (AvgIpc) is 2.33. The Balaban J connectivity index is 2.76. The van der Waals surface area contributed by atoms with Gasteiger partial charge in [0.1, 0.15) is 18.4 Å². The highest BCUT2D eigenvalue weighted by atomic mass is 16.3. The molecule has 0 saturated heterocycles. The lowest BCUT2D eigenvalue weighted by Gasteiger charge is -1.95. The van der Waals surface area contributed by atoms with E-state index in [9.17, 15) is 0 Å². The van der Waals surface area contributed by atoms with E-state index in [1.165, 1.54) is 0 Å². The van der Waals surface area contributed by atoms with Crippen LogP contribution in [0.25, 0.3) is 0 Å². The lowest BCUT2D eigenvalue weighted by Crippen LogP contribution is -2.24. The number of imidazole rings is 1. The normalized spacial score (nSPS) is 10.6. The van der Waals surface area contributed by atoms with Gasteiger partial charge in [0, 0.05) is 6.42 Å². The van der Waals surface area contributed by atoms with E-state index in [4.69, 9.17) is 10.2 Å². The average molecular weight is 171 g/mol. The number of aliphatic hydroxyl groups is 2. The molecule has 0 aromatic carbocycles. The second kappa shape index (κ2) is 4.23. The Bertz CT molecular complexity index is 222. The fraction of sp³-hybridized carbons (Fsp3) is 0.625. The second-order valence-corrected chi connectivity index (χ2v) is 2.79. The minimum atomic E-state index is 0.132. The van der Waals surface area contributed by atoms with Crippen LogP contribution >= 0.6 is 0 Å². The van der Waals surface area contributed by atoms with Crippen LogP contribution in [0.15, 0.2) is 12.5 Å². The quantitative estimate of drug-likeness (QED) is 0.561. The zero-order valence-corrected chi connectivity index (χ0v) is 7.27. The molecule has 1 rings (SSSR count). The highest BCUT2D eigenvalue weighted by Crippen LogP contribution is 1.97. The van der Waals surface area contributed by atoms with E-state index in [-0.39, 0.29) is 13.2 Å². The SMILES string of the molecule is C[n+]1cc(CCO)n(CCO)c1. The summed E-state index contributed by atoms with van der Waals surface area (Å²) in [6.45, 7) is 0.874. The van der Waals surface area contributed by atoms with E-state index < -0.39 is 0 Å². The molecule has 0 amide bonds. The molecule has 1 aromatic rings. The van der Waals surface area contributed by atoms with E-state index in [1.54, 1.807) is 0 Å². The van der Waals surface area contributed by atoms with Gasteiger partial charge in [0.2, 0.25) is 6.33 Å². The predicted molar refractivity (Wildman–Crippen MR) is 43.5 cm³/mol. The molecule has 4 heteroatoms. The van der Waals surface area contributed by atoms with E-state index in [2.05, 4.69) is 0 Å². The lowest BCUT2D eigenvalue weighted by molar-refractivity contribution is -0.671. The summed E-state index contributed by atoms with van der Waals surface area (Å²) in [5.74, 6) is 0. The minimum absolute atomic E-state index is 0.132. The van der Waals surface area contributed by atoms with E-state index >= 15 is 0 Å². The first-order valence-electron chi connectivity index (χ1n) is 4.04. The zero-order valence-electron chi connectivity index (χ0n) is 7.27. The Hall–Kier alpha value is -0.870. The summed E-state index contributed by atoms with van der Waals surface area (Å²) in [7, 11) is 1.93. The Labute approximate surface area is 71.7 Å². The molecule has 0 aliphatic heterocycles. The van der Waals surface area contributed by atoms with Crippen molar-refractivity contribution in [3.63, 3.8) is 0 Å². The number of aliphatic hydroxyl groups excluding tert-OH is 2. The summed E-state index contributed by atoms with van der Waals surface area (Å²) in [4.78, 5) is 0. The maximum atomic E-state index is 8.74. The number of hydrogen-bond acceptors (Lipinski definition) is 2. The summed E-state index contributed by atoms with van der Waals surface area (Å²) in [5.41, 5.74) is 1.05. The van der Waals surface area contributed by atoms with Crippen molar-refractivity contribution in [3.05, 3.63) is 18.2 Å². The van der Waals surface area contributed by atoms with Crippen LogP contribution in [-0.4, -0.2) is 28.0 Å². The van der Waals surface area contributed by atoms with E-state index in [0.29, 0.717) is 13.0 Å². The van der Waals surface area contributed by atoms with Crippen LogP contribution < -0.4 is 4.57 Å². The van der Waals surface area contributed by atoms with E-state index in [1.807, 2.05) is 28.7 Å². The van der Waals surface area contributed by atoms with Crippen LogP contribution in [0.1, 0.15) is 5.69 Å². The van der Waals surface area contributed by atoms with Crippen LogP contribution in [0.5, 0.6) is 0 Å². The largest absolute Gasteiger partial charge is 0.396 e.